The van der Waals surface area contributed by atoms with Crippen molar-refractivity contribution in [1.29, 1.82) is 0 Å². The fourth-order valence-corrected chi connectivity index (χ4v) is 4.66. The van der Waals surface area contributed by atoms with E-state index in [0.29, 0.717) is 16.5 Å². The summed E-state index contributed by atoms with van der Waals surface area (Å²) >= 11 is 1.58. The minimum absolute atomic E-state index is 0.0653. The van der Waals surface area contributed by atoms with Crippen LogP contribution in [0.1, 0.15) is 24.4 Å². The van der Waals surface area contributed by atoms with Gasteiger partial charge in [0.25, 0.3) is 5.91 Å². The smallest absolute Gasteiger partial charge is 0.286 e. The number of ether oxygens (including phenoxy) is 1. The molecule has 0 saturated heterocycles. The van der Waals surface area contributed by atoms with Crippen molar-refractivity contribution in [2.24, 2.45) is 18.0 Å². The summed E-state index contributed by atoms with van der Waals surface area (Å²) in [5, 5.41) is 4.60. The zero-order valence-electron chi connectivity index (χ0n) is 16.4. The predicted octanol–water partition coefficient (Wildman–Crippen LogP) is 3.21. The molecule has 0 unspecified atom stereocenters. The summed E-state index contributed by atoms with van der Waals surface area (Å²) in [7, 11) is 1.97. The average molecular weight is 397 g/mol. The normalized spacial score (nSPS) is 13.5. The second-order valence-electron chi connectivity index (χ2n) is 7.40. The van der Waals surface area contributed by atoms with Crippen molar-refractivity contribution >= 4 is 17.2 Å². The summed E-state index contributed by atoms with van der Waals surface area (Å²) in [6.07, 6.45) is 3.88. The van der Waals surface area contributed by atoms with E-state index in [1.807, 2.05) is 48.1 Å². The number of fused-ring (bicyclic) bond motifs is 3. The molecule has 28 heavy (non-hydrogen) atoms. The van der Waals surface area contributed by atoms with E-state index < -0.39 is 0 Å². The molecule has 3 aromatic rings. The first kappa shape index (κ1) is 18.7. The van der Waals surface area contributed by atoms with Crippen molar-refractivity contribution in [3.63, 3.8) is 0 Å². The summed E-state index contributed by atoms with van der Waals surface area (Å²) in [6.45, 7) is 5.26. The van der Waals surface area contributed by atoms with Crippen LogP contribution in [0.15, 0.2) is 41.5 Å². The van der Waals surface area contributed by atoms with Crippen LogP contribution in [0.5, 0.6) is 5.75 Å². The van der Waals surface area contributed by atoms with Crippen molar-refractivity contribution in [3.05, 3.63) is 51.9 Å². The first-order valence-electron chi connectivity index (χ1n) is 9.52. The first-order valence-corrected chi connectivity index (χ1v) is 10.3. The molecule has 0 fully saturated rings. The quantitative estimate of drug-likeness (QED) is 0.665. The molecule has 0 radical (unpaired) electrons. The Morgan fingerprint density at radius 3 is 2.82 bits per heavy atom. The molecule has 7 heteroatoms. The van der Waals surface area contributed by atoms with Gasteiger partial charge in [-0.3, -0.25) is 9.48 Å². The highest BCUT2D eigenvalue weighted by Crippen LogP contribution is 2.34. The number of thiazole rings is 1. The van der Waals surface area contributed by atoms with Crippen LogP contribution in [0.3, 0.4) is 0 Å². The summed E-state index contributed by atoms with van der Waals surface area (Å²) in [6, 6.07) is 9.32. The average Bonchev–Trinajstić information content (AvgIpc) is 3.21. The Morgan fingerprint density at radius 1 is 1.29 bits per heavy atom. The van der Waals surface area contributed by atoms with E-state index in [2.05, 4.69) is 28.6 Å². The Morgan fingerprint density at radius 2 is 2.07 bits per heavy atom. The molecule has 1 aromatic carbocycles. The number of carbonyl (C=O) groups excluding carboxylic acids is 1. The third-order valence-electron chi connectivity index (χ3n) is 4.76. The van der Waals surface area contributed by atoms with Crippen LogP contribution >= 0.6 is 11.3 Å². The fourth-order valence-electron chi connectivity index (χ4n) is 3.52. The van der Waals surface area contributed by atoms with Crippen LogP contribution < -0.4 is 9.54 Å². The van der Waals surface area contributed by atoms with E-state index >= 15 is 0 Å². The Balaban J connectivity index is 1.59. The zero-order chi connectivity index (χ0) is 19.7. The highest BCUT2D eigenvalue weighted by Gasteiger charge is 2.25. The number of nitrogens with zero attached hydrogens (tertiary/aromatic N) is 4. The summed E-state index contributed by atoms with van der Waals surface area (Å²) in [5.74, 6) is 0.936. The summed E-state index contributed by atoms with van der Waals surface area (Å²) < 4.78 is 9.65. The third kappa shape index (κ3) is 3.67. The van der Waals surface area contributed by atoms with Gasteiger partial charge in [0.2, 0.25) is 0 Å². The van der Waals surface area contributed by atoms with Gasteiger partial charge in [0.1, 0.15) is 5.75 Å². The highest BCUT2D eigenvalue weighted by atomic mass is 32.1. The van der Waals surface area contributed by atoms with Crippen LogP contribution in [0.25, 0.3) is 11.3 Å². The van der Waals surface area contributed by atoms with E-state index in [4.69, 9.17) is 4.74 Å². The molecule has 0 spiro atoms. The maximum absolute atomic E-state index is 12.3. The second-order valence-corrected chi connectivity index (χ2v) is 8.47. The molecule has 1 aliphatic carbocycles. The van der Waals surface area contributed by atoms with Gasteiger partial charge < -0.3 is 9.30 Å². The van der Waals surface area contributed by atoms with Gasteiger partial charge in [0.15, 0.2) is 11.4 Å². The van der Waals surface area contributed by atoms with Crippen LogP contribution in [-0.2, 0) is 31.2 Å². The van der Waals surface area contributed by atoms with E-state index in [1.54, 1.807) is 11.3 Å². The number of rotatable bonds is 5. The van der Waals surface area contributed by atoms with E-state index in [0.717, 1.165) is 30.6 Å². The molecule has 0 bridgehead atoms. The summed E-state index contributed by atoms with van der Waals surface area (Å²) in [4.78, 5) is 18.6. The highest BCUT2D eigenvalue weighted by molar-refractivity contribution is 7.09. The first-order chi connectivity index (χ1) is 13.5. The number of para-hydroxylation sites is 1. The number of carbonyl (C=O) groups is 1. The van der Waals surface area contributed by atoms with E-state index in [-0.39, 0.29) is 12.5 Å². The van der Waals surface area contributed by atoms with Gasteiger partial charge in [0.05, 0.1) is 11.9 Å². The van der Waals surface area contributed by atoms with E-state index in [1.165, 1.54) is 10.6 Å². The Kier molecular flexibility index (Phi) is 5.17. The third-order valence-corrected chi connectivity index (χ3v) is 5.95. The van der Waals surface area contributed by atoms with Crippen molar-refractivity contribution in [1.82, 2.24) is 14.3 Å². The minimum atomic E-state index is -0.284. The number of benzene rings is 1. The van der Waals surface area contributed by atoms with Crippen molar-refractivity contribution in [3.8, 4) is 17.0 Å². The van der Waals surface area contributed by atoms with Crippen molar-refractivity contribution < 1.29 is 9.53 Å². The van der Waals surface area contributed by atoms with Gasteiger partial charge in [-0.25, -0.2) is 0 Å². The molecule has 2 heterocycles. The molecule has 6 nitrogen and oxygen atoms in total. The predicted molar refractivity (Wildman–Crippen MR) is 109 cm³/mol. The lowest BCUT2D eigenvalue weighted by Crippen LogP contribution is -2.18. The van der Waals surface area contributed by atoms with Gasteiger partial charge in [0, 0.05) is 29.7 Å². The molecule has 0 atom stereocenters. The van der Waals surface area contributed by atoms with Crippen LogP contribution in [-0.4, -0.2) is 26.9 Å². The molecule has 4 rings (SSSR count). The van der Waals surface area contributed by atoms with Crippen LogP contribution in [0.4, 0.5) is 0 Å². The Labute approximate surface area is 168 Å². The number of hydrogen-bond acceptors (Lipinski definition) is 4. The van der Waals surface area contributed by atoms with Gasteiger partial charge in [-0.1, -0.05) is 32.0 Å². The number of hydrogen-bond donors (Lipinski definition) is 0. The summed E-state index contributed by atoms with van der Waals surface area (Å²) in [5.41, 5.74) is 3.58. The molecule has 0 saturated carbocycles. The van der Waals surface area contributed by atoms with Gasteiger partial charge in [-0.05, 0) is 30.9 Å². The molecule has 0 aliphatic heterocycles. The maximum atomic E-state index is 12.3. The number of aryl methyl sites for hydroxylation is 1. The lowest BCUT2D eigenvalue weighted by atomic mass is 10.00. The molecule has 1 amide bonds. The lowest BCUT2D eigenvalue weighted by molar-refractivity contribution is -0.120. The second kappa shape index (κ2) is 7.75. The maximum Gasteiger partial charge on any atom is 0.286 e. The molecule has 1 aliphatic rings. The molecular formula is C21H24N4O2S. The SMILES string of the molecule is CC(C)Cn1ncc2c1CCc1sc(=NC(=O)COc3ccccc3)n(C)c1-2. The van der Waals surface area contributed by atoms with Crippen LogP contribution in [0, 0.1) is 5.92 Å². The Bertz CT molecular complexity index is 1060. The van der Waals surface area contributed by atoms with Crippen LogP contribution in [0.2, 0.25) is 0 Å². The van der Waals surface area contributed by atoms with E-state index in [9.17, 15) is 4.79 Å². The van der Waals surface area contributed by atoms with Gasteiger partial charge in [-0.15, -0.1) is 11.3 Å². The number of amides is 1. The lowest BCUT2D eigenvalue weighted by Gasteiger charge is -2.16. The Hall–Kier alpha value is -2.67. The number of aromatic nitrogens is 3. The molecule has 2 aromatic heterocycles. The monoisotopic (exact) mass is 396 g/mol. The largest absolute Gasteiger partial charge is 0.484 e. The van der Waals surface area contributed by atoms with Gasteiger partial charge in [-0.2, -0.15) is 10.1 Å². The molecule has 146 valence electrons. The topological polar surface area (TPSA) is 61.4 Å². The minimum Gasteiger partial charge on any atom is -0.484 e. The molecular weight excluding hydrogens is 372 g/mol. The molecule has 0 N–H and O–H groups in total. The zero-order valence-corrected chi connectivity index (χ0v) is 17.2. The van der Waals surface area contributed by atoms with Crippen molar-refractivity contribution in [2.45, 2.75) is 33.2 Å². The van der Waals surface area contributed by atoms with Gasteiger partial charge >= 0.3 is 0 Å². The fraction of sp³-hybridized carbons (Fsp3) is 0.381. The van der Waals surface area contributed by atoms with Crippen molar-refractivity contribution in [2.75, 3.05) is 6.61 Å². The standard InChI is InChI=1S/C21H24N4O2S/c1-14(2)12-25-17-9-10-18-20(16(17)11-22-25)24(3)21(28-18)23-19(26)13-27-15-7-5-4-6-8-15/h4-8,11,14H,9-10,12-13H2,1-3H3.